The second kappa shape index (κ2) is 28.0. The van der Waals surface area contributed by atoms with Gasteiger partial charge in [0.15, 0.2) is 0 Å². The van der Waals surface area contributed by atoms with Crippen molar-refractivity contribution in [3.05, 3.63) is 35.9 Å². The first-order valence-corrected chi connectivity index (χ1v) is 23.6. The molecule has 68 heavy (non-hydrogen) atoms. The summed E-state index contributed by atoms with van der Waals surface area (Å²) in [6.45, 7) is 13.9. The number of carbonyl (C=O) groups is 9. The van der Waals surface area contributed by atoms with Gasteiger partial charge in [0, 0.05) is 33.5 Å². The van der Waals surface area contributed by atoms with E-state index in [0.717, 1.165) is 10.5 Å². The molecule has 0 bridgehead atoms. The van der Waals surface area contributed by atoms with Crippen molar-refractivity contribution in [1.82, 2.24) is 36.0 Å². The van der Waals surface area contributed by atoms with E-state index in [2.05, 4.69) is 21.3 Å². The summed E-state index contributed by atoms with van der Waals surface area (Å²) >= 11 is 0. The van der Waals surface area contributed by atoms with Crippen molar-refractivity contribution in [2.24, 2.45) is 23.5 Å². The van der Waals surface area contributed by atoms with Gasteiger partial charge in [0.1, 0.15) is 42.4 Å². The van der Waals surface area contributed by atoms with Crippen LogP contribution in [0.25, 0.3) is 0 Å². The van der Waals surface area contributed by atoms with E-state index in [0.29, 0.717) is 25.8 Å². The lowest BCUT2D eigenvalue weighted by Gasteiger charge is -2.34. The number of ether oxygens (including phenoxy) is 1. The number of hydrogen-bond donors (Lipinski definition) is 7. The Hall–Kier alpha value is -5.63. The molecule has 382 valence electrons. The average Bonchev–Trinajstić information content (AvgIpc) is 3.78. The molecule has 0 spiro atoms. The minimum Gasteiger partial charge on any atom is -0.467 e. The number of aliphatic hydroxyl groups excluding tert-OH is 2. The molecule has 20 heteroatoms. The molecular formula is C48H78N8O12. The van der Waals surface area contributed by atoms with Gasteiger partial charge in [-0.15, -0.1) is 0 Å². The number of rotatable bonds is 27. The number of carbonyl (C=O) groups excluding carboxylic acids is 9. The van der Waals surface area contributed by atoms with Crippen LogP contribution in [-0.4, -0.2) is 160 Å². The molecule has 1 aliphatic heterocycles. The van der Waals surface area contributed by atoms with Gasteiger partial charge < -0.3 is 56.7 Å². The van der Waals surface area contributed by atoms with E-state index >= 15 is 0 Å². The molecule has 0 radical (unpaired) electrons. The summed E-state index contributed by atoms with van der Waals surface area (Å²) in [5.74, 6) is -6.60. The van der Waals surface area contributed by atoms with Gasteiger partial charge in [-0.1, -0.05) is 78.3 Å². The van der Waals surface area contributed by atoms with Gasteiger partial charge in [-0.05, 0) is 69.3 Å². The number of hydrogen-bond acceptors (Lipinski definition) is 12. The number of likely N-dealkylation sites (tertiary alicyclic amines) is 1. The summed E-state index contributed by atoms with van der Waals surface area (Å²) in [6, 6.07) is 1.44. The summed E-state index contributed by atoms with van der Waals surface area (Å²) in [4.78, 5) is 124. The van der Waals surface area contributed by atoms with E-state index < -0.39 is 120 Å². The molecule has 2 rings (SSSR count). The Labute approximate surface area is 401 Å². The Bertz CT molecular complexity index is 1880. The van der Waals surface area contributed by atoms with Gasteiger partial charge in [0.05, 0.1) is 25.7 Å². The quantitative estimate of drug-likeness (QED) is 0.0596. The van der Waals surface area contributed by atoms with E-state index in [1.54, 1.807) is 19.1 Å². The molecule has 1 heterocycles. The van der Waals surface area contributed by atoms with Crippen LogP contribution >= 0.6 is 0 Å². The number of amides is 8. The Morgan fingerprint density at radius 2 is 1.40 bits per heavy atom. The highest BCUT2D eigenvalue weighted by molar-refractivity contribution is 5.96. The lowest BCUT2D eigenvalue weighted by atomic mass is 9.95. The second-order valence-electron chi connectivity index (χ2n) is 18.9. The third kappa shape index (κ3) is 17.8. The predicted molar refractivity (Wildman–Crippen MR) is 253 cm³/mol. The number of benzene rings is 1. The van der Waals surface area contributed by atoms with E-state index in [1.165, 1.54) is 44.9 Å². The molecule has 1 saturated heterocycles. The molecule has 0 aliphatic carbocycles. The first kappa shape index (κ1) is 58.5. The second-order valence-corrected chi connectivity index (χ2v) is 18.9. The van der Waals surface area contributed by atoms with E-state index in [1.807, 2.05) is 52.8 Å². The van der Waals surface area contributed by atoms with Crippen LogP contribution in [0.5, 0.6) is 0 Å². The van der Waals surface area contributed by atoms with Gasteiger partial charge >= 0.3 is 5.97 Å². The zero-order valence-corrected chi connectivity index (χ0v) is 41.8. The summed E-state index contributed by atoms with van der Waals surface area (Å²) in [5, 5.41) is 32.0. The number of methoxy groups -OCH3 is 1. The fourth-order valence-corrected chi connectivity index (χ4v) is 8.18. The lowest BCUT2D eigenvalue weighted by Crippen LogP contribution is -2.59. The molecule has 10 atom stereocenters. The maximum Gasteiger partial charge on any atom is 0.328 e. The zero-order valence-electron chi connectivity index (χ0n) is 41.8. The zero-order chi connectivity index (χ0) is 51.6. The minimum atomic E-state index is -1.50. The minimum absolute atomic E-state index is 0.0793. The highest BCUT2D eigenvalue weighted by Crippen LogP contribution is 2.23. The first-order valence-electron chi connectivity index (χ1n) is 23.6. The van der Waals surface area contributed by atoms with Crippen molar-refractivity contribution >= 4 is 53.2 Å². The Balaban J connectivity index is 2.30. The maximum atomic E-state index is 14.1. The number of nitrogens with two attached hydrogens (primary N) is 1. The molecule has 1 aromatic carbocycles. The monoisotopic (exact) mass is 959 g/mol. The van der Waals surface area contributed by atoms with Crippen molar-refractivity contribution < 1.29 is 58.1 Å². The number of primary amides is 1. The third-order valence-corrected chi connectivity index (χ3v) is 12.3. The average molecular weight is 959 g/mol. The van der Waals surface area contributed by atoms with Crippen LogP contribution in [0.4, 0.5) is 0 Å². The summed E-state index contributed by atoms with van der Waals surface area (Å²) in [7, 11) is 4.05. The lowest BCUT2D eigenvalue weighted by molar-refractivity contribution is -0.154. The van der Waals surface area contributed by atoms with Crippen LogP contribution < -0.4 is 27.0 Å². The van der Waals surface area contributed by atoms with E-state index in [-0.39, 0.29) is 43.9 Å². The molecule has 0 saturated carbocycles. The molecule has 1 aliphatic rings. The van der Waals surface area contributed by atoms with E-state index in [4.69, 9.17) is 10.5 Å². The van der Waals surface area contributed by atoms with Crippen molar-refractivity contribution in [3.8, 4) is 0 Å². The predicted octanol–water partition coefficient (Wildman–Crippen LogP) is 0.542. The molecule has 1 fully saturated rings. The van der Waals surface area contributed by atoms with Crippen LogP contribution in [0.2, 0.25) is 0 Å². The molecule has 20 nitrogen and oxygen atoms in total. The Kier molecular flexibility index (Phi) is 24.1. The third-order valence-electron chi connectivity index (χ3n) is 12.3. The van der Waals surface area contributed by atoms with Crippen LogP contribution in [0, 0.1) is 17.8 Å². The smallest absolute Gasteiger partial charge is 0.328 e. The fourth-order valence-electron chi connectivity index (χ4n) is 8.18. The van der Waals surface area contributed by atoms with Gasteiger partial charge in [-0.3, -0.25) is 38.4 Å². The molecule has 8 N–H and O–H groups in total. The van der Waals surface area contributed by atoms with Crippen molar-refractivity contribution in [3.63, 3.8) is 0 Å². The van der Waals surface area contributed by atoms with Gasteiger partial charge in [0.2, 0.25) is 47.3 Å². The topological polar surface area (TPSA) is 287 Å². The summed E-state index contributed by atoms with van der Waals surface area (Å²) < 4.78 is 4.95. The van der Waals surface area contributed by atoms with Crippen molar-refractivity contribution in [1.29, 1.82) is 0 Å². The van der Waals surface area contributed by atoms with Gasteiger partial charge in [0.25, 0.3) is 0 Å². The number of aliphatic hydroxyl groups is 2. The molecule has 1 aromatic rings. The SMILES string of the molecule is CC[C@H](C)[C@H](NC(=O)C[C@H](O)[C@H](CC(C)C)NC(=O)[C@H](CCC(N)=O)N(C)C(=O)[C@H](CC(C)C)NC(=O)[C@H](C)O)C(=O)N[C@@H](C)C(=O)N(C)[C@H](Cc1ccccc1)C(=O)N1CCC[C@H]1C(=O)OC. The Morgan fingerprint density at radius 3 is 1.94 bits per heavy atom. The van der Waals surface area contributed by atoms with E-state index in [9.17, 15) is 53.4 Å². The molecular weight excluding hydrogens is 881 g/mol. The number of nitrogens with one attached hydrogen (secondary N) is 4. The standard InChI is InChI=1S/C48H78N8O12/c1-12-29(6)41(44(63)50-30(7)45(64)55(10)37(25-32-17-14-13-15-18-32)47(66)56-22-16-19-36(56)48(67)68-11)53-40(60)26-38(58)33(23-27(2)3)51-43(62)35(20-21-39(49)59)54(9)46(65)34(24-28(4)5)52-42(61)31(8)57/h13-15,17-18,27-31,33-38,41,57-58H,12,16,19-26H2,1-11H3,(H2,49,59)(H,50,63)(H,51,62)(H,52,61)(H,53,60)/t29-,30-,31-,33-,34-,35-,36-,37+,38-,41-/m0/s1. The Morgan fingerprint density at radius 1 is 0.794 bits per heavy atom. The van der Waals surface area contributed by atoms with Crippen molar-refractivity contribution in [2.45, 2.75) is 168 Å². The van der Waals surface area contributed by atoms with Crippen molar-refractivity contribution in [2.75, 3.05) is 27.7 Å². The summed E-state index contributed by atoms with van der Waals surface area (Å²) in [5.41, 5.74) is 6.20. The van der Waals surface area contributed by atoms with Crippen LogP contribution in [0.15, 0.2) is 30.3 Å². The highest BCUT2D eigenvalue weighted by Gasteiger charge is 2.42. The van der Waals surface area contributed by atoms with Gasteiger partial charge in [-0.2, -0.15) is 0 Å². The maximum absolute atomic E-state index is 14.1. The molecule has 8 amide bonds. The molecule has 0 unspecified atom stereocenters. The van der Waals surface area contributed by atoms with Crippen LogP contribution in [-0.2, 0) is 54.3 Å². The largest absolute Gasteiger partial charge is 0.467 e. The number of esters is 1. The fraction of sp³-hybridized carbons (Fsp3) is 0.688. The first-order chi connectivity index (χ1) is 31.8. The normalized spacial score (nSPS) is 17.6. The van der Waals surface area contributed by atoms with Crippen LogP contribution in [0.3, 0.4) is 0 Å². The number of nitrogens with zero attached hydrogens (tertiary/aromatic N) is 3. The summed E-state index contributed by atoms with van der Waals surface area (Å²) in [6.07, 6.45) is -2.05. The number of likely N-dealkylation sites (N-methyl/N-ethyl adjacent to an activating group) is 2. The van der Waals surface area contributed by atoms with Crippen LogP contribution in [0.1, 0.15) is 112 Å². The highest BCUT2D eigenvalue weighted by atomic mass is 16.5. The van der Waals surface area contributed by atoms with Gasteiger partial charge in [-0.25, -0.2) is 4.79 Å². The molecule has 0 aromatic heterocycles.